The molecule has 10 heteroatoms. The first-order valence-corrected chi connectivity index (χ1v) is 9.89. The lowest BCUT2D eigenvalue weighted by Crippen LogP contribution is -2.43. The third-order valence-corrected chi connectivity index (χ3v) is 5.13. The van der Waals surface area contributed by atoms with Crippen LogP contribution in [0.25, 0.3) is 0 Å². The standard InChI is InChI=1S/2C11H14FNO2.2ClH/c2*1-14-8-2-3-11(10(12)6-8)15-9-4-7(13)5-9;;/h2*2-3,6-7,9H,4-5,13H2,1H3;2*1H. The average molecular weight is 495 g/mol. The number of hydrogen-bond acceptors (Lipinski definition) is 6. The predicted molar refractivity (Wildman–Crippen MR) is 124 cm³/mol. The van der Waals surface area contributed by atoms with Crippen LogP contribution in [0.15, 0.2) is 36.4 Å². The Labute approximate surface area is 199 Å². The minimum atomic E-state index is -0.394. The molecule has 0 bridgehead atoms. The van der Waals surface area contributed by atoms with Crippen LogP contribution < -0.4 is 30.4 Å². The van der Waals surface area contributed by atoms with Gasteiger partial charge in [0.25, 0.3) is 0 Å². The van der Waals surface area contributed by atoms with Gasteiger partial charge in [0.2, 0.25) is 0 Å². The summed E-state index contributed by atoms with van der Waals surface area (Å²) in [4.78, 5) is 0. The Balaban J connectivity index is 0.000000301. The molecule has 0 unspecified atom stereocenters. The largest absolute Gasteiger partial charge is 0.497 e. The molecule has 0 saturated heterocycles. The van der Waals surface area contributed by atoms with E-state index in [0.717, 1.165) is 25.7 Å². The highest BCUT2D eigenvalue weighted by Crippen LogP contribution is 2.29. The van der Waals surface area contributed by atoms with Crippen molar-refractivity contribution in [2.45, 2.75) is 50.0 Å². The van der Waals surface area contributed by atoms with Gasteiger partial charge in [-0.1, -0.05) is 0 Å². The van der Waals surface area contributed by atoms with Crippen molar-refractivity contribution in [1.82, 2.24) is 0 Å². The van der Waals surface area contributed by atoms with E-state index in [1.807, 2.05) is 0 Å². The van der Waals surface area contributed by atoms with E-state index in [1.54, 1.807) is 24.3 Å². The van der Waals surface area contributed by atoms with Gasteiger partial charge in [0.15, 0.2) is 23.1 Å². The summed E-state index contributed by atoms with van der Waals surface area (Å²) in [5.74, 6) is 0.736. The molecule has 180 valence electrons. The molecule has 0 atom stereocenters. The van der Waals surface area contributed by atoms with Gasteiger partial charge >= 0.3 is 0 Å². The second kappa shape index (κ2) is 12.9. The lowest BCUT2D eigenvalue weighted by molar-refractivity contribution is 0.0959. The van der Waals surface area contributed by atoms with E-state index >= 15 is 0 Å². The molecule has 6 nitrogen and oxygen atoms in total. The van der Waals surface area contributed by atoms with Crippen LogP contribution in [-0.4, -0.2) is 38.5 Å². The van der Waals surface area contributed by atoms with Crippen molar-refractivity contribution in [2.75, 3.05) is 14.2 Å². The number of hydrogen-bond donors (Lipinski definition) is 2. The molecule has 2 aliphatic carbocycles. The van der Waals surface area contributed by atoms with Crippen LogP contribution in [0.4, 0.5) is 8.78 Å². The Bertz CT molecular complexity index is 781. The van der Waals surface area contributed by atoms with E-state index < -0.39 is 11.6 Å². The van der Waals surface area contributed by atoms with Crippen LogP contribution in [-0.2, 0) is 0 Å². The lowest BCUT2D eigenvalue weighted by atomic mass is 9.90. The van der Waals surface area contributed by atoms with E-state index in [2.05, 4.69) is 0 Å². The van der Waals surface area contributed by atoms with E-state index in [0.29, 0.717) is 11.5 Å². The number of halogens is 4. The number of benzene rings is 2. The van der Waals surface area contributed by atoms with Gasteiger partial charge in [-0.2, -0.15) is 0 Å². The Morgan fingerprint density at radius 2 is 1.03 bits per heavy atom. The maximum atomic E-state index is 13.4. The minimum Gasteiger partial charge on any atom is -0.497 e. The van der Waals surface area contributed by atoms with Crippen molar-refractivity contribution in [1.29, 1.82) is 0 Å². The summed E-state index contributed by atoms with van der Waals surface area (Å²) in [5.41, 5.74) is 11.2. The Kier molecular flexibility index (Phi) is 11.3. The molecule has 0 radical (unpaired) electrons. The molecule has 2 aromatic carbocycles. The number of methoxy groups -OCH3 is 2. The van der Waals surface area contributed by atoms with E-state index in [4.69, 9.17) is 30.4 Å². The number of rotatable bonds is 6. The van der Waals surface area contributed by atoms with E-state index in [-0.39, 0.29) is 60.6 Å². The molecule has 0 heterocycles. The quantitative estimate of drug-likeness (QED) is 0.623. The van der Waals surface area contributed by atoms with Gasteiger partial charge < -0.3 is 30.4 Å². The monoisotopic (exact) mass is 494 g/mol. The summed E-state index contributed by atoms with van der Waals surface area (Å²) in [6, 6.07) is 9.55. The second-order valence-electron chi connectivity index (χ2n) is 7.54. The Morgan fingerprint density at radius 3 is 1.28 bits per heavy atom. The van der Waals surface area contributed by atoms with Gasteiger partial charge in [-0.15, -0.1) is 24.8 Å². The fourth-order valence-corrected chi connectivity index (χ4v) is 3.17. The van der Waals surface area contributed by atoms with Gasteiger partial charge in [-0.3, -0.25) is 0 Å². The molecule has 2 saturated carbocycles. The first-order valence-electron chi connectivity index (χ1n) is 9.89. The van der Waals surface area contributed by atoms with Crippen LogP contribution in [0, 0.1) is 11.6 Å². The molecule has 2 aromatic rings. The summed E-state index contributed by atoms with van der Waals surface area (Å²) in [6.07, 6.45) is 3.30. The first kappa shape index (κ1) is 28.0. The highest BCUT2D eigenvalue weighted by Gasteiger charge is 2.29. The molecule has 0 aliphatic heterocycles. The second-order valence-corrected chi connectivity index (χ2v) is 7.54. The fraction of sp³-hybridized carbons (Fsp3) is 0.455. The smallest absolute Gasteiger partial charge is 0.168 e. The van der Waals surface area contributed by atoms with Crippen molar-refractivity contribution < 1.29 is 27.7 Å². The van der Waals surface area contributed by atoms with Crippen molar-refractivity contribution in [2.24, 2.45) is 11.5 Å². The van der Waals surface area contributed by atoms with Crippen LogP contribution in [0.1, 0.15) is 25.7 Å². The summed E-state index contributed by atoms with van der Waals surface area (Å²) in [6.45, 7) is 0. The van der Waals surface area contributed by atoms with E-state index in [9.17, 15) is 8.78 Å². The van der Waals surface area contributed by atoms with Gasteiger partial charge in [0.05, 0.1) is 14.2 Å². The van der Waals surface area contributed by atoms with Crippen LogP contribution >= 0.6 is 24.8 Å². The van der Waals surface area contributed by atoms with Crippen LogP contribution in [0.2, 0.25) is 0 Å². The molecule has 2 aliphatic rings. The summed E-state index contributed by atoms with van der Waals surface area (Å²) >= 11 is 0. The van der Waals surface area contributed by atoms with Crippen molar-refractivity contribution in [3.8, 4) is 23.0 Å². The minimum absolute atomic E-state index is 0. The van der Waals surface area contributed by atoms with E-state index in [1.165, 1.54) is 26.4 Å². The lowest BCUT2D eigenvalue weighted by Gasteiger charge is -2.32. The fourth-order valence-electron chi connectivity index (χ4n) is 3.17. The molecular formula is C22H30Cl2F2N2O4. The summed E-state index contributed by atoms with van der Waals surface area (Å²) < 4.78 is 47.5. The summed E-state index contributed by atoms with van der Waals surface area (Å²) in [7, 11) is 3.00. The molecular weight excluding hydrogens is 465 g/mol. The third kappa shape index (κ3) is 7.55. The number of nitrogens with two attached hydrogens (primary N) is 2. The maximum Gasteiger partial charge on any atom is 0.168 e. The van der Waals surface area contributed by atoms with Crippen molar-refractivity contribution in [3.63, 3.8) is 0 Å². The van der Waals surface area contributed by atoms with Gasteiger partial charge in [-0.05, 0) is 49.9 Å². The van der Waals surface area contributed by atoms with Gasteiger partial charge in [0.1, 0.15) is 23.7 Å². The zero-order chi connectivity index (χ0) is 21.7. The van der Waals surface area contributed by atoms with Crippen molar-refractivity contribution >= 4 is 24.8 Å². The normalized spacial score (nSPS) is 22.9. The summed E-state index contributed by atoms with van der Waals surface area (Å²) in [5, 5.41) is 0. The SMILES string of the molecule is COc1ccc(OC2CC(N)C2)c(F)c1.COc1ccc(OC2CC(N)C2)c(F)c1.Cl.Cl. The van der Waals surface area contributed by atoms with Gasteiger partial charge in [0, 0.05) is 24.2 Å². The Morgan fingerprint density at radius 1 is 0.688 bits per heavy atom. The Hall–Kier alpha value is -2.00. The zero-order valence-electron chi connectivity index (χ0n) is 18.0. The molecule has 4 rings (SSSR count). The predicted octanol–water partition coefficient (Wildman–Crippen LogP) is 4.25. The molecule has 0 amide bonds. The molecule has 0 spiro atoms. The topological polar surface area (TPSA) is 89.0 Å². The maximum absolute atomic E-state index is 13.4. The molecule has 32 heavy (non-hydrogen) atoms. The third-order valence-electron chi connectivity index (χ3n) is 5.13. The molecule has 4 N–H and O–H groups in total. The zero-order valence-corrected chi connectivity index (χ0v) is 19.6. The molecule has 2 fully saturated rings. The first-order chi connectivity index (χ1) is 14.4. The van der Waals surface area contributed by atoms with Crippen LogP contribution in [0.5, 0.6) is 23.0 Å². The average Bonchev–Trinajstić information content (AvgIpc) is 2.68. The van der Waals surface area contributed by atoms with Gasteiger partial charge in [-0.25, -0.2) is 8.78 Å². The number of ether oxygens (including phenoxy) is 4. The molecule has 0 aromatic heterocycles. The highest BCUT2D eigenvalue weighted by molar-refractivity contribution is 5.85. The highest BCUT2D eigenvalue weighted by atomic mass is 35.5. The van der Waals surface area contributed by atoms with Crippen molar-refractivity contribution in [3.05, 3.63) is 48.0 Å². The van der Waals surface area contributed by atoms with Crippen LogP contribution in [0.3, 0.4) is 0 Å².